The topological polar surface area (TPSA) is 81.8 Å². The standard InChI is InChI=1S/C26H19ClF3N5O2/c1-14(20-4-3-5-22(27)32-20)31-24(36)15-6-11-21-18(12-15)23-19(13-34(2)33-23)25(37)35(21)17-9-7-16(8-10-17)26(28,29)30/h3-14H,1-2H3,(H,31,36)/t14-/m1/s1. The molecule has 3 heterocycles. The van der Waals surface area contributed by atoms with Gasteiger partial charge in [0.1, 0.15) is 10.7 Å². The van der Waals surface area contributed by atoms with Gasteiger partial charge in [-0.2, -0.15) is 18.3 Å². The molecule has 1 N–H and O–H groups in total. The molecule has 0 radical (unpaired) electrons. The van der Waals surface area contributed by atoms with Gasteiger partial charge in [-0.15, -0.1) is 0 Å². The molecule has 0 saturated heterocycles. The minimum Gasteiger partial charge on any atom is -0.344 e. The number of aromatic nitrogens is 4. The smallest absolute Gasteiger partial charge is 0.344 e. The average Bonchev–Trinajstić information content (AvgIpc) is 3.26. The van der Waals surface area contributed by atoms with Gasteiger partial charge in [0.25, 0.3) is 11.5 Å². The van der Waals surface area contributed by atoms with E-state index in [9.17, 15) is 22.8 Å². The van der Waals surface area contributed by atoms with Crippen molar-refractivity contribution in [1.29, 1.82) is 0 Å². The maximum atomic E-state index is 13.4. The number of halogens is 4. The summed E-state index contributed by atoms with van der Waals surface area (Å²) in [5, 5.41) is 8.35. The van der Waals surface area contributed by atoms with Crippen molar-refractivity contribution in [3.8, 4) is 5.69 Å². The Morgan fingerprint density at radius 2 is 1.78 bits per heavy atom. The third-order valence-electron chi connectivity index (χ3n) is 6.00. The SMILES string of the molecule is C[C@@H](NC(=O)c1ccc2c(c1)c1nn(C)cc1c(=O)n2-c1ccc(C(F)(F)F)cc1)c1cccc(Cl)n1. The quantitative estimate of drug-likeness (QED) is 0.317. The summed E-state index contributed by atoms with van der Waals surface area (Å²) in [5.41, 5.74) is 0.677. The summed E-state index contributed by atoms with van der Waals surface area (Å²) < 4.78 is 42.0. The van der Waals surface area contributed by atoms with E-state index in [1.54, 1.807) is 50.4 Å². The lowest BCUT2D eigenvalue weighted by atomic mass is 10.1. The number of carbonyl (C=O) groups excluding carboxylic acids is 1. The zero-order valence-corrected chi connectivity index (χ0v) is 20.3. The molecule has 5 rings (SSSR count). The van der Waals surface area contributed by atoms with Gasteiger partial charge in [0.05, 0.1) is 28.2 Å². The van der Waals surface area contributed by atoms with Crippen LogP contribution in [0.25, 0.3) is 27.5 Å². The van der Waals surface area contributed by atoms with Gasteiger partial charge >= 0.3 is 6.18 Å². The fourth-order valence-electron chi connectivity index (χ4n) is 4.21. The van der Waals surface area contributed by atoms with Crippen LogP contribution < -0.4 is 10.9 Å². The highest BCUT2D eigenvalue weighted by molar-refractivity contribution is 6.29. The molecule has 5 aromatic rings. The normalized spacial score (nSPS) is 12.7. The van der Waals surface area contributed by atoms with Gasteiger partial charge in [0.15, 0.2) is 0 Å². The average molecular weight is 526 g/mol. The van der Waals surface area contributed by atoms with Gasteiger partial charge < -0.3 is 5.32 Å². The van der Waals surface area contributed by atoms with Gasteiger partial charge in [0, 0.05) is 29.9 Å². The Balaban J connectivity index is 1.62. The van der Waals surface area contributed by atoms with E-state index in [1.807, 2.05) is 0 Å². The Kier molecular flexibility index (Phi) is 5.99. The number of pyridine rings is 2. The van der Waals surface area contributed by atoms with Crippen LogP contribution in [0.15, 0.2) is 71.7 Å². The van der Waals surface area contributed by atoms with E-state index >= 15 is 0 Å². The van der Waals surface area contributed by atoms with Crippen molar-refractivity contribution in [2.24, 2.45) is 7.05 Å². The largest absolute Gasteiger partial charge is 0.416 e. The van der Waals surface area contributed by atoms with E-state index in [-0.39, 0.29) is 17.0 Å². The number of fused-ring (bicyclic) bond motifs is 3. The zero-order valence-electron chi connectivity index (χ0n) is 19.5. The molecule has 37 heavy (non-hydrogen) atoms. The van der Waals surface area contributed by atoms with Crippen LogP contribution in [0.2, 0.25) is 5.15 Å². The Hall–Kier alpha value is -4.18. The Bertz CT molecular complexity index is 1730. The van der Waals surface area contributed by atoms with Crippen LogP contribution in [-0.4, -0.2) is 25.2 Å². The molecule has 3 aromatic heterocycles. The predicted molar refractivity (Wildman–Crippen MR) is 134 cm³/mol. The van der Waals surface area contributed by atoms with E-state index in [1.165, 1.54) is 27.6 Å². The van der Waals surface area contributed by atoms with Crippen LogP contribution >= 0.6 is 11.6 Å². The molecule has 0 spiro atoms. The van der Waals surface area contributed by atoms with Crippen molar-refractivity contribution < 1.29 is 18.0 Å². The zero-order chi connectivity index (χ0) is 26.5. The first-order valence-electron chi connectivity index (χ1n) is 11.2. The maximum Gasteiger partial charge on any atom is 0.416 e. The second kappa shape index (κ2) is 9.04. The van der Waals surface area contributed by atoms with Crippen LogP contribution in [-0.2, 0) is 13.2 Å². The van der Waals surface area contributed by atoms with Crippen LogP contribution in [0.5, 0.6) is 0 Å². The molecule has 11 heteroatoms. The molecule has 0 aliphatic carbocycles. The van der Waals surface area contributed by atoms with Gasteiger partial charge in [-0.05, 0) is 61.5 Å². The molecule has 0 fully saturated rings. The predicted octanol–water partition coefficient (Wildman–Crippen LogP) is 5.44. The number of nitrogens with zero attached hydrogens (tertiary/aromatic N) is 4. The molecule has 1 atom stereocenters. The first-order valence-corrected chi connectivity index (χ1v) is 11.5. The number of nitrogens with one attached hydrogen (secondary N) is 1. The number of rotatable bonds is 4. The number of amides is 1. The Morgan fingerprint density at radius 1 is 1.05 bits per heavy atom. The summed E-state index contributed by atoms with van der Waals surface area (Å²) in [4.78, 5) is 30.7. The molecule has 0 aliphatic rings. The van der Waals surface area contributed by atoms with Gasteiger partial charge in [0.2, 0.25) is 0 Å². The fourth-order valence-corrected chi connectivity index (χ4v) is 4.38. The Labute approximate surface area is 213 Å². The highest BCUT2D eigenvalue weighted by atomic mass is 35.5. The second-order valence-electron chi connectivity index (χ2n) is 8.56. The molecule has 0 aliphatic heterocycles. The third-order valence-corrected chi connectivity index (χ3v) is 6.21. The summed E-state index contributed by atoms with van der Waals surface area (Å²) >= 11 is 5.96. The third kappa shape index (κ3) is 4.55. The minimum absolute atomic E-state index is 0.256. The monoisotopic (exact) mass is 525 g/mol. The van der Waals surface area contributed by atoms with Gasteiger partial charge in [-0.1, -0.05) is 17.7 Å². The maximum absolute atomic E-state index is 13.4. The van der Waals surface area contributed by atoms with E-state index in [0.717, 1.165) is 12.1 Å². The van der Waals surface area contributed by atoms with Crippen molar-refractivity contribution in [2.75, 3.05) is 0 Å². The molecular weight excluding hydrogens is 507 g/mol. The summed E-state index contributed by atoms with van der Waals surface area (Å²) in [7, 11) is 1.66. The highest BCUT2D eigenvalue weighted by Crippen LogP contribution is 2.31. The summed E-state index contributed by atoms with van der Waals surface area (Å²) in [5.74, 6) is -0.382. The molecule has 2 aromatic carbocycles. The molecule has 1 amide bonds. The molecule has 188 valence electrons. The van der Waals surface area contributed by atoms with E-state index in [0.29, 0.717) is 32.8 Å². The van der Waals surface area contributed by atoms with Gasteiger partial charge in [-0.3, -0.25) is 18.8 Å². The van der Waals surface area contributed by atoms with E-state index in [4.69, 9.17) is 11.6 Å². The molecule has 0 saturated carbocycles. The van der Waals surface area contributed by atoms with Crippen LogP contribution in [0.1, 0.15) is 34.6 Å². The van der Waals surface area contributed by atoms with Crippen molar-refractivity contribution >= 4 is 39.3 Å². The number of hydrogen-bond donors (Lipinski definition) is 1. The minimum atomic E-state index is -4.50. The summed E-state index contributed by atoms with van der Waals surface area (Å²) in [6.45, 7) is 1.77. The van der Waals surface area contributed by atoms with E-state index < -0.39 is 23.3 Å². The second-order valence-corrected chi connectivity index (χ2v) is 8.95. The number of carbonyl (C=O) groups is 1. The highest BCUT2D eigenvalue weighted by Gasteiger charge is 2.30. The van der Waals surface area contributed by atoms with Crippen LogP contribution in [0.4, 0.5) is 13.2 Å². The van der Waals surface area contributed by atoms with Crippen LogP contribution in [0, 0.1) is 0 Å². The molecule has 0 unspecified atom stereocenters. The summed E-state index contributed by atoms with van der Waals surface area (Å²) in [6, 6.07) is 13.8. The first kappa shape index (κ1) is 24.5. The van der Waals surface area contributed by atoms with E-state index in [2.05, 4.69) is 15.4 Å². The first-order chi connectivity index (χ1) is 17.5. The van der Waals surface area contributed by atoms with Crippen molar-refractivity contribution in [2.45, 2.75) is 19.1 Å². The lowest BCUT2D eigenvalue weighted by molar-refractivity contribution is -0.137. The van der Waals surface area contributed by atoms with Crippen molar-refractivity contribution in [3.63, 3.8) is 0 Å². The van der Waals surface area contributed by atoms with Gasteiger partial charge in [-0.25, -0.2) is 4.98 Å². The lowest BCUT2D eigenvalue weighted by Crippen LogP contribution is -2.27. The lowest BCUT2D eigenvalue weighted by Gasteiger charge is -2.15. The summed E-state index contributed by atoms with van der Waals surface area (Å²) in [6.07, 6.45) is -2.96. The van der Waals surface area contributed by atoms with Crippen molar-refractivity contribution in [3.05, 3.63) is 99.2 Å². The van der Waals surface area contributed by atoms with Crippen molar-refractivity contribution in [1.82, 2.24) is 24.6 Å². The number of aryl methyl sites for hydroxylation is 1. The number of alkyl halides is 3. The fraction of sp³-hybridized carbons (Fsp3) is 0.154. The van der Waals surface area contributed by atoms with Crippen LogP contribution in [0.3, 0.4) is 0 Å². The molecule has 7 nitrogen and oxygen atoms in total. The number of hydrogen-bond acceptors (Lipinski definition) is 4. The number of benzene rings is 2. The Morgan fingerprint density at radius 3 is 2.46 bits per heavy atom. The molecule has 0 bridgehead atoms. The molecular formula is C26H19ClF3N5O2.